The Balaban J connectivity index is 2.16. The lowest BCUT2D eigenvalue weighted by atomic mass is 10.1. The van der Waals surface area contributed by atoms with Gasteiger partial charge in [-0.1, -0.05) is 31.5 Å². The lowest BCUT2D eigenvalue weighted by Gasteiger charge is -2.04. The van der Waals surface area contributed by atoms with Gasteiger partial charge in [0.25, 0.3) is 0 Å². The van der Waals surface area contributed by atoms with Gasteiger partial charge >= 0.3 is 0 Å². The molecule has 2 N–H and O–H groups in total. The van der Waals surface area contributed by atoms with Crippen LogP contribution in [0.15, 0.2) is 47.2 Å². The van der Waals surface area contributed by atoms with Crippen molar-refractivity contribution in [3.05, 3.63) is 52.7 Å². The van der Waals surface area contributed by atoms with Crippen LogP contribution in [-0.2, 0) is 6.42 Å². The first-order valence-electron chi connectivity index (χ1n) is 6.76. The zero-order valence-corrected chi connectivity index (χ0v) is 12.2. The van der Waals surface area contributed by atoms with Crippen molar-refractivity contribution in [2.75, 3.05) is 5.73 Å². The summed E-state index contributed by atoms with van der Waals surface area (Å²) in [6.07, 6.45) is 2.01. The second-order valence-corrected chi connectivity index (χ2v) is 5.50. The highest BCUT2D eigenvalue weighted by Gasteiger charge is 2.17. The number of nitrogen functional groups attached to an aromatic ring is 1. The van der Waals surface area contributed by atoms with Crippen LogP contribution >= 0.6 is 11.3 Å². The van der Waals surface area contributed by atoms with Gasteiger partial charge in [-0.3, -0.25) is 0 Å². The zero-order chi connectivity index (χ0) is 13.9. The molecule has 2 aromatic heterocycles. The van der Waals surface area contributed by atoms with Crippen molar-refractivity contribution >= 4 is 17.2 Å². The maximum Gasteiger partial charge on any atom is 0.131 e. The van der Waals surface area contributed by atoms with Gasteiger partial charge in [-0.05, 0) is 30.0 Å². The van der Waals surface area contributed by atoms with E-state index in [1.807, 2.05) is 35.0 Å². The number of hydrogen-bond donors (Lipinski definition) is 1. The highest BCUT2D eigenvalue weighted by atomic mass is 32.1. The van der Waals surface area contributed by atoms with Crippen molar-refractivity contribution in [2.45, 2.75) is 19.8 Å². The minimum atomic E-state index is 0.749. The molecule has 0 saturated heterocycles. The minimum absolute atomic E-state index is 0.749. The Morgan fingerprint density at radius 2 is 2.00 bits per heavy atom. The van der Waals surface area contributed by atoms with Crippen molar-refractivity contribution in [1.82, 2.24) is 9.78 Å². The molecule has 0 amide bonds. The summed E-state index contributed by atoms with van der Waals surface area (Å²) in [4.78, 5) is 0. The SMILES string of the molecule is CCCc1c(-c2ccsc2)nn(-c2ccccc2)c1N. The van der Waals surface area contributed by atoms with Crippen LogP contribution in [0.4, 0.5) is 5.82 Å². The third-order valence-corrected chi connectivity index (χ3v) is 4.00. The zero-order valence-electron chi connectivity index (χ0n) is 11.4. The van der Waals surface area contributed by atoms with Gasteiger partial charge in [0, 0.05) is 16.5 Å². The van der Waals surface area contributed by atoms with E-state index in [1.54, 1.807) is 11.3 Å². The number of nitrogens with two attached hydrogens (primary N) is 1. The normalized spacial score (nSPS) is 10.8. The standard InChI is InChI=1S/C16H17N3S/c1-2-6-14-15(12-9-10-20-11-12)18-19(16(14)17)13-7-4-3-5-8-13/h3-5,7-11H,2,6,17H2,1H3. The number of benzene rings is 1. The third-order valence-electron chi connectivity index (χ3n) is 3.32. The number of hydrogen-bond acceptors (Lipinski definition) is 3. The molecule has 0 spiro atoms. The predicted molar refractivity (Wildman–Crippen MR) is 85.3 cm³/mol. The number of nitrogens with zero attached hydrogens (tertiary/aromatic N) is 2. The lowest BCUT2D eigenvalue weighted by molar-refractivity contribution is 0.892. The average Bonchev–Trinajstić information content (AvgIpc) is 3.10. The molecule has 0 unspecified atom stereocenters. The number of thiophene rings is 1. The average molecular weight is 283 g/mol. The van der Waals surface area contributed by atoms with Crippen LogP contribution in [0.3, 0.4) is 0 Å². The maximum atomic E-state index is 6.33. The summed E-state index contributed by atoms with van der Waals surface area (Å²) in [6, 6.07) is 12.1. The molecule has 1 aromatic carbocycles. The maximum absolute atomic E-state index is 6.33. The molecule has 4 heteroatoms. The summed E-state index contributed by atoms with van der Waals surface area (Å²) in [5.74, 6) is 0.749. The summed E-state index contributed by atoms with van der Waals surface area (Å²) >= 11 is 1.68. The van der Waals surface area contributed by atoms with E-state index < -0.39 is 0 Å². The monoisotopic (exact) mass is 283 g/mol. The molecule has 0 atom stereocenters. The summed E-state index contributed by atoms with van der Waals surface area (Å²) in [6.45, 7) is 2.16. The molecule has 3 rings (SSSR count). The van der Waals surface area contributed by atoms with E-state index >= 15 is 0 Å². The fourth-order valence-corrected chi connectivity index (χ4v) is 3.00. The number of aromatic nitrogens is 2. The molecular formula is C16H17N3S. The van der Waals surface area contributed by atoms with Gasteiger partial charge in [-0.2, -0.15) is 16.4 Å². The summed E-state index contributed by atoms with van der Waals surface area (Å²) in [7, 11) is 0. The quantitative estimate of drug-likeness (QED) is 0.782. The first kappa shape index (κ1) is 12.9. The molecule has 3 nitrogen and oxygen atoms in total. The molecule has 102 valence electrons. The Morgan fingerprint density at radius 3 is 2.65 bits per heavy atom. The van der Waals surface area contributed by atoms with Gasteiger partial charge in [0.2, 0.25) is 0 Å². The Morgan fingerprint density at radius 1 is 1.20 bits per heavy atom. The van der Waals surface area contributed by atoms with Crippen LogP contribution in [0.1, 0.15) is 18.9 Å². The van der Waals surface area contributed by atoms with E-state index in [2.05, 4.69) is 23.8 Å². The van der Waals surface area contributed by atoms with Crippen molar-refractivity contribution < 1.29 is 0 Å². The highest BCUT2D eigenvalue weighted by molar-refractivity contribution is 7.08. The van der Waals surface area contributed by atoms with Gasteiger partial charge < -0.3 is 5.73 Å². The molecule has 2 heterocycles. The molecule has 0 bridgehead atoms. The topological polar surface area (TPSA) is 43.8 Å². The van der Waals surface area contributed by atoms with Crippen LogP contribution in [0.2, 0.25) is 0 Å². The van der Waals surface area contributed by atoms with Crippen molar-refractivity contribution in [3.8, 4) is 16.9 Å². The van der Waals surface area contributed by atoms with Gasteiger partial charge in [0.05, 0.1) is 11.4 Å². The molecule has 0 aliphatic heterocycles. The van der Waals surface area contributed by atoms with Gasteiger partial charge in [0.1, 0.15) is 5.82 Å². The number of anilines is 1. The van der Waals surface area contributed by atoms with Crippen LogP contribution in [0.25, 0.3) is 16.9 Å². The fraction of sp³-hybridized carbons (Fsp3) is 0.188. The molecule has 3 aromatic rings. The van der Waals surface area contributed by atoms with E-state index in [0.29, 0.717) is 0 Å². The van der Waals surface area contributed by atoms with E-state index in [-0.39, 0.29) is 0 Å². The number of rotatable bonds is 4. The Bertz CT molecular complexity index is 684. The largest absolute Gasteiger partial charge is 0.383 e. The van der Waals surface area contributed by atoms with E-state index in [9.17, 15) is 0 Å². The van der Waals surface area contributed by atoms with Crippen molar-refractivity contribution in [1.29, 1.82) is 0 Å². The molecule has 0 aliphatic rings. The first-order chi connectivity index (χ1) is 9.81. The van der Waals surface area contributed by atoms with Crippen molar-refractivity contribution in [3.63, 3.8) is 0 Å². The van der Waals surface area contributed by atoms with Crippen molar-refractivity contribution in [2.24, 2.45) is 0 Å². The summed E-state index contributed by atoms with van der Waals surface area (Å²) in [5, 5.41) is 8.93. The minimum Gasteiger partial charge on any atom is -0.383 e. The van der Waals surface area contributed by atoms with Gasteiger partial charge in [-0.15, -0.1) is 0 Å². The lowest BCUT2D eigenvalue weighted by Crippen LogP contribution is -2.02. The predicted octanol–water partition coefficient (Wildman–Crippen LogP) is 4.14. The van der Waals surface area contributed by atoms with Crippen LogP contribution < -0.4 is 5.73 Å². The molecule has 20 heavy (non-hydrogen) atoms. The Labute approximate surface area is 122 Å². The second-order valence-electron chi connectivity index (χ2n) is 4.72. The van der Waals surface area contributed by atoms with Crippen LogP contribution in [0, 0.1) is 0 Å². The third kappa shape index (κ3) is 2.23. The molecule has 0 aliphatic carbocycles. The highest BCUT2D eigenvalue weighted by Crippen LogP contribution is 2.31. The molecule has 0 radical (unpaired) electrons. The van der Waals surface area contributed by atoms with Crippen LogP contribution in [0.5, 0.6) is 0 Å². The number of para-hydroxylation sites is 1. The second kappa shape index (κ2) is 5.51. The van der Waals surface area contributed by atoms with E-state index in [4.69, 9.17) is 10.8 Å². The summed E-state index contributed by atoms with van der Waals surface area (Å²) < 4.78 is 1.85. The fourth-order valence-electron chi connectivity index (χ4n) is 2.36. The van der Waals surface area contributed by atoms with E-state index in [1.165, 1.54) is 0 Å². The smallest absolute Gasteiger partial charge is 0.131 e. The van der Waals surface area contributed by atoms with Gasteiger partial charge in [0.15, 0.2) is 0 Å². The summed E-state index contributed by atoms with van der Waals surface area (Å²) in [5.41, 5.74) is 10.6. The molecule has 0 saturated carbocycles. The van der Waals surface area contributed by atoms with Crippen LogP contribution in [-0.4, -0.2) is 9.78 Å². The van der Waals surface area contributed by atoms with Gasteiger partial charge in [-0.25, -0.2) is 4.68 Å². The Kier molecular flexibility index (Phi) is 3.56. The first-order valence-corrected chi connectivity index (χ1v) is 7.71. The van der Waals surface area contributed by atoms with E-state index in [0.717, 1.165) is 41.2 Å². The molecular weight excluding hydrogens is 266 g/mol. The molecule has 0 fully saturated rings. The Hall–Kier alpha value is -2.07.